The molecule has 1 aromatic rings. The molecule has 0 aliphatic heterocycles. The van der Waals surface area contributed by atoms with Gasteiger partial charge in [-0.1, -0.05) is 43.6 Å². The Bertz CT molecular complexity index is 824. The molecule has 0 radical (unpaired) electrons. The highest BCUT2D eigenvalue weighted by molar-refractivity contribution is 5.74. The summed E-state index contributed by atoms with van der Waals surface area (Å²) >= 11 is 0. The van der Waals surface area contributed by atoms with Crippen LogP contribution in [0.3, 0.4) is 0 Å². The van der Waals surface area contributed by atoms with E-state index < -0.39 is 0 Å². The van der Waals surface area contributed by atoms with Crippen LogP contribution in [0.15, 0.2) is 29.9 Å². The van der Waals surface area contributed by atoms with E-state index in [-0.39, 0.29) is 35.3 Å². The average molecular weight is 414 g/mol. The van der Waals surface area contributed by atoms with Gasteiger partial charge in [0.2, 0.25) is 5.91 Å². The molecule has 0 fully saturated rings. The summed E-state index contributed by atoms with van der Waals surface area (Å²) in [4.78, 5) is 13.7. The summed E-state index contributed by atoms with van der Waals surface area (Å²) in [5.74, 6) is 0.274. The second-order valence-corrected chi connectivity index (χ2v) is 9.02. The quantitative estimate of drug-likeness (QED) is 0.384. The molecule has 3 unspecified atom stereocenters. The molecular weight excluding hydrogens is 374 g/mol. The lowest BCUT2D eigenvalue weighted by molar-refractivity contribution is -0.129. The maximum atomic E-state index is 12.1. The molecule has 30 heavy (non-hydrogen) atoms. The Morgan fingerprint density at radius 1 is 1.30 bits per heavy atom. The smallest absolute Gasteiger partial charge is 0.219 e. The molecule has 3 atom stereocenters. The summed E-state index contributed by atoms with van der Waals surface area (Å²) in [5.41, 5.74) is 4.57. The summed E-state index contributed by atoms with van der Waals surface area (Å²) in [7, 11) is 1.76. The molecule has 0 bridgehead atoms. The van der Waals surface area contributed by atoms with E-state index in [0.717, 1.165) is 55.2 Å². The van der Waals surface area contributed by atoms with Gasteiger partial charge in [0.25, 0.3) is 0 Å². The zero-order valence-electron chi connectivity index (χ0n) is 19.6. The summed E-state index contributed by atoms with van der Waals surface area (Å²) in [6, 6.07) is 1.54. The largest absolute Gasteiger partial charge is 0.507 e. The molecule has 0 heterocycles. The van der Waals surface area contributed by atoms with E-state index in [1.54, 1.807) is 11.9 Å². The second kappa shape index (κ2) is 10.2. The van der Waals surface area contributed by atoms with Crippen molar-refractivity contribution in [2.75, 3.05) is 7.05 Å². The van der Waals surface area contributed by atoms with E-state index >= 15 is 0 Å². The van der Waals surface area contributed by atoms with E-state index in [0.29, 0.717) is 5.56 Å². The third kappa shape index (κ3) is 5.08. The highest BCUT2D eigenvalue weighted by atomic mass is 16.3. The van der Waals surface area contributed by atoms with Crippen LogP contribution in [-0.2, 0) is 11.2 Å². The number of rotatable bonds is 8. The molecule has 0 spiro atoms. The number of phenols is 2. The van der Waals surface area contributed by atoms with Crippen molar-refractivity contribution < 1.29 is 15.0 Å². The van der Waals surface area contributed by atoms with Crippen molar-refractivity contribution in [2.24, 2.45) is 5.92 Å². The van der Waals surface area contributed by atoms with Gasteiger partial charge in [-0.05, 0) is 64.0 Å². The molecule has 1 aliphatic rings. The van der Waals surface area contributed by atoms with Gasteiger partial charge in [-0.2, -0.15) is 0 Å². The monoisotopic (exact) mass is 413 g/mol. The van der Waals surface area contributed by atoms with E-state index in [1.165, 1.54) is 12.5 Å². The number of carbonyl (C=O) groups excluding carboxylic acids is 1. The van der Waals surface area contributed by atoms with Crippen molar-refractivity contribution in [3.05, 3.63) is 46.6 Å². The SMILES string of the molecule is C=C(C)C1CCC(C)=CC1c1c(O)cc(CCCCC)c(C(C)N(C)C(C)=O)c1O. The molecule has 4 nitrogen and oxygen atoms in total. The van der Waals surface area contributed by atoms with Gasteiger partial charge in [-0.3, -0.25) is 4.79 Å². The van der Waals surface area contributed by atoms with Crippen molar-refractivity contribution in [2.45, 2.75) is 85.1 Å². The van der Waals surface area contributed by atoms with Gasteiger partial charge >= 0.3 is 0 Å². The van der Waals surface area contributed by atoms with Gasteiger partial charge in [0, 0.05) is 31.0 Å². The number of hydrogen-bond acceptors (Lipinski definition) is 3. The fourth-order valence-corrected chi connectivity index (χ4v) is 4.68. The lowest BCUT2D eigenvalue weighted by Crippen LogP contribution is -2.28. The van der Waals surface area contributed by atoms with Crippen LogP contribution in [0.5, 0.6) is 11.5 Å². The van der Waals surface area contributed by atoms with Crippen LogP contribution in [0, 0.1) is 5.92 Å². The second-order valence-electron chi connectivity index (χ2n) is 9.02. The summed E-state index contributed by atoms with van der Waals surface area (Å²) in [5, 5.41) is 22.5. The maximum absolute atomic E-state index is 12.1. The molecular formula is C26H39NO3. The number of phenolic OH excluding ortho intramolecular Hbond substituents is 2. The molecule has 2 N–H and O–H groups in total. The summed E-state index contributed by atoms with van der Waals surface area (Å²) in [6.07, 6.45) is 8.05. The average Bonchev–Trinajstić information content (AvgIpc) is 2.66. The normalized spacial score (nSPS) is 19.9. The zero-order valence-corrected chi connectivity index (χ0v) is 19.6. The fourth-order valence-electron chi connectivity index (χ4n) is 4.68. The molecule has 0 saturated heterocycles. The van der Waals surface area contributed by atoms with Crippen LogP contribution in [0.1, 0.15) is 95.4 Å². The third-order valence-electron chi connectivity index (χ3n) is 6.70. The van der Waals surface area contributed by atoms with E-state index in [9.17, 15) is 15.0 Å². The van der Waals surface area contributed by atoms with Gasteiger partial charge in [-0.25, -0.2) is 0 Å². The van der Waals surface area contributed by atoms with Gasteiger partial charge in [0.15, 0.2) is 0 Å². The van der Waals surface area contributed by atoms with Crippen molar-refractivity contribution in [3.63, 3.8) is 0 Å². The predicted molar refractivity (Wildman–Crippen MR) is 124 cm³/mol. The number of hydrogen-bond donors (Lipinski definition) is 2. The standard InChI is InChI=1S/C26H39NO3/c1-8-9-10-11-20-15-23(29)25(22-14-17(4)12-13-21(22)16(2)3)26(30)24(20)18(5)27(7)19(6)28/h14-15,18,21-22,29-30H,2,8-13H2,1,3-7H3. The van der Waals surface area contributed by atoms with Crippen LogP contribution in [0.25, 0.3) is 0 Å². The molecule has 1 aliphatic carbocycles. The van der Waals surface area contributed by atoms with Crippen molar-refractivity contribution in [3.8, 4) is 11.5 Å². The highest BCUT2D eigenvalue weighted by Gasteiger charge is 2.33. The Morgan fingerprint density at radius 2 is 1.97 bits per heavy atom. The molecule has 1 aromatic carbocycles. The lowest BCUT2D eigenvalue weighted by Gasteiger charge is -2.34. The Hall–Kier alpha value is -2.23. The zero-order chi connectivity index (χ0) is 22.6. The number of allylic oxidation sites excluding steroid dienone is 3. The van der Waals surface area contributed by atoms with Crippen LogP contribution in [0.2, 0.25) is 0 Å². The number of aromatic hydroxyl groups is 2. The third-order valence-corrected chi connectivity index (χ3v) is 6.70. The first-order valence-corrected chi connectivity index (χ1v) is 11.2. The number of benzene rings is 1. The topological polar surface area (TPSA) is 60.8 Å². The minimum absolute atomic E-state index is 0.0516. The van der Waals surface area contributed by atoms with E-state index in [2.05, 4.69) is 26.5 Å². The summed E-state index contributed by atoms with van der Waals surface area (Å²) < 4.78 is 0. The maximum Gasteiger partial charge on any atom is 0.219 e. The fraction of sp³-hybridized carbons (Fsp3) is 0.577. The van der Waals surface area contributed by atoms with Gasteiger partial charge in [0.1, 0.15) is 11.5 Å². The Kier molecular flexibility index (Phi) is 8.17. The first-order valence-electron chi connectivity index (χ1n) is 11.2. The van der Waals surface area contributed by atoms with Crippen molar-refractivity contribution >= 4 is 5.91 Å². The minimum atomic E-state index is -0.282. The Labute approximate surface area is 182 Å². The molecule has 0 saturated carbocycles. The summed E-state index contributed by atoms with van der Waals surface area (Å²) in [6.45, 7) is 13.9. The molecule has 166 valence electrons. The number of nitrogens with zero attached hydrogens (tertiary/aromatic N) is 1. The lowest BCUT2D eigenvalue weighted by atomic mass is 9.73. The van der Waals surface area contributed by atoms with E-state index in [4.69, 9.17) is 0 Å². The van der Waals surface area contributed by atoms with Gasteiger partial charge < -0.3 is 15.1 Å². The minimum Gasteiger partial charge on any atom is -0.507 e. The first-order chi connectivity index (χ1) is 14.1. The van der Waals surface area contributed by atoms with Crippen molar-refractivity contribution in [1.29, 1.82) is 0 Å². The Morgan fingerprint density at radius 3 is 2.53 bits per heavy atom. The van der Waals surface area contributed by atoms with E-state index in [1.807, 2.05) is 19.9 Å². The van der Waals surface area contributed by atoms with Gasteiger partial charge in [0.05, 0.1) is 6.04 Å². The molecule has 1 amide bonds. The number of aryl methyl sites for hydroxylation is 1. The first kappa shape index (κ1) is 24.0. The van der Waals surface area contributed by atoms with Crippen LogP contribution in [-0.4, -0.2) is 28.1 Å². The number of carbonyl (C=O) groups is 1. The van der Waals surface area contributed by atoms with Crippen LogP contribution < -0.4 is 0 Å². The van der Waals surface area contributed by atoms with Crippen LogP contribution >= 0.6 is 0 Å². The molecule has 2 rings (SSSR count). The molecule has 0 aromatic heterocycles. The Balaban J connectivity index is 2.67. The number of unbranched alkanes of at least 4 members (excludes halogenated alkanes) is 2. The predicted octanol–water partition coefficient (Wildman–Crippen LogP) is 6.39. The van der Waals surface area contributed by atoms with Crippen LogP contribution in [0.4, 0.5) is 0 Å². The van der Waals surface area contributed by atoms with Gasteiger partial charge in [-0.15, -0.1) is 0 Å². The number of amides is 1. The van der Waals surface area contributed by atoms with Crippen molar-refractivity contribution in [1.82, 2.24) is 4.90 Å². The molecule has 4 heteroatoms. The highest BCUT2D eigenvalue weighted by Crippen LogP contribution is 2.49.